The Balaban J connectivity index is 1.75. The number of hydrogen-bond acceptors (Lipinski definition) is 5. The van der Waals surface area contributed by atoms with Crippen LogP contribution >= 0.6 is 0 Å². The topological polar surface area (TPSA) is 84.0 Å². The predicted octanol–water partition coefficient (Wildman–Crippen LogP) is 3.61. The highest BCUT2D eigenvalue weighted by Gasteiger charge is 2.19. The van der Waals surface area contributed by atoms with E-state index in [2.05, 4.69) is 20.2 Å². The Labute approximate surface area is 149 Å². The molecular formula is C17H14F2N4O2S. The van der Waals surface area contributed by atoms with Crippen LogP contribution in [0.4, 0.5) is 26.0 Å². The summed E-state index contributed by atoms with van der Waals surface area (Å²) in [6.07, 6.45) is 0. The first-order chi connectivity index (χ1) is 12.3. The number of aryl methyl sites for hydroxylation is 1. The van der Waals surface area contributed by atoms with Crippen LogP contribution in [0.15, 0.2) is 59.5 Å². The van der Waals surface area contributed by atoms with Crippen molar-refractivity contribution in [2.45, 2.75) is 11.8 Å². The number of hydrogen-bond donors (Lipinski definition) is 2. The highest BCUT2D eigenvalue weighted by molar-refractivity contribution is 7.92. The molecule has 0 amide bonds. The van der Waals surface area contributed by atoms with Crippen molar-refractivity contribution in [1.29, 1.82) is 0 Å². The minimum atomic E-state index is -4.17. The summed E-state index contributed by atoms with van der Waals surface area (Å²) >= 11 is 0. The highest BCUT2D eigenvalue weighted by Crippen LogP contribution is 2.22. The molecule has 0 aliphatic rings. The number of aromatic nitrogens is 2. The molecule has 0 unspecified atom stereocenters. The molecule has 0 saturated heterocycles. The summed E-state index contributed by atoms with van der Waals surface area (Å²) in [6, 6.07) is 12.1. The van der Waals surface area contributed by atoms with Crippen LogP contribution in [0.5, 0.6) is 0 Å². The molecule has 0 spiro atoms. The molecule has 0 aliphatic heterocycles. The van der Waals surface area contributed by atoms with Gasteiger partial charge in [0.2, 0.25) is 0 Å². The summed E-state index contributed by atoms with van der Waals surface area (Å²) in [6.45, 7) is 1.82. The Bertz CT molecular complexity index is 1020. The zero-order valence-corrected chi connectivity index (χ0v) is 14.4. The van der Waals surface area contributed by atoms with Gasteiger partial charge in [0.25, 0.3) is 10.0 Å². The van der Waals surface area contributed by atoms with E-state index in [1.165, 1.54) is 12.1 Å². The van der Waals surface area contributed by atoms with Crippen molar-refractivity contribution in [2.24, 2.45) is 0 Å². The number of sulfonamides is 1. The zero-order valence-electron chi connectivity index (χ0n) is 13.6. The number of benzene rings is 2. The van der Waals surface area contributed by atoms with Gasteiger partial charge in [-0.05, 0) is 55.5 Å². The third-order valence-electron chi connectivity index (χ3n) is 3.39. The van der Waals surface area contributed by atoms with Crippen molar-refractivity contribution < 1.29 is 17.2 Å². The van der Waals surface area contributed by atoms with Crippen molar-refractivity contribution in [1.82, 2.24) is 10.2 Å². The number of nitrogens with one attached hydrogen (secondary N) is 2. The molecule has 3 rings (SSSR count). The molecule has 0 atom stereocenters. The van der Waals surface area contributed by atoms with E-state index in [4.69, 9.17) is 0 Å². The van der Waals surface area contributed by atoms with E-state index in [1.54, 1.807) is 24.3 Å². The lowest BCUT2D eigenvalue weighted by molar-refractivity contribution is 0.551. The molecule has 3 aromatic rings. The molecule has 0 aliphatic carbocycles. The van der Waals surface area contributed by atoms with Gasteiger partial charge in [-0.25, -0.2) is 17.2 Å². The Morgan fingerprint density at radius 1 is 0.885 bits per heavy atom. The lowest BCUT2D eigenvalue weighted by Gasteiger charge is -2.10. The largest absolute Gasteiger partial charge is 0.339 e. The van der Waals surface area contributed by atoms with Gasteiger partial charge in [0.15, 0.2) is 5.82 Å². The smallest absolute Gasteiger partial charge is 0.264 e. The maximum absolute atomic E-state index is 13.7. The van der Waals surface area contributed by atoms with Crippen molar-refractivity contribution in [3.63, 3.8) is 0 Å². The molecule has 0 radical (unpaired) electrons. The van der Waals surface area contributed by atoms with E-state index in [0.29, 0.717) is 17.6 Å². The van der Waals surface area contributed by atoms with Crippen molar-refractivity contribution in [2.75, 3.05) is 10.0 Å². The van der Waals surface area contributed by atoms with Crippen LogP contribution in [0.25, 0.3) is 0 Å². The molecule has 1 aromatic heterocycles. The summed E-state index contributed by atoms with van der Waals surface area (Å²) in [5, 5.41) is 10.9. The number of nitrogens with zero attached hydrogens (tertiary/aromatic N) is 2. The van der Waals surface area contributed by atoms with Crippen molar-refractivity contribution in [3.05, 3.63) is 71.9 Å². The van der Waals surface area contributed by atoms with Gasteiger partial charge < -0.3 is 5.32 Å². The average molecular weight is 376 g/mol. The molecule has 0 fully saturated rings. The van der Waals surface area contributed by atoms with Gasteiger partial charge in [-0.3, -0.25) is 4.72 Å². The van der Waals surface area contributed by atoms with Gasteiger partial charge in [0.05, 0.1) is 5.69 Å². The number of rotatable bonds is 5. The van der Waals surface area contributed by atoms with Gasteiger partial charge in [-0.2, -0.15) is 5.10 Å². The number of halogens is 2. The van der Waals surface area contributed by atoms with Crippen LogP contribution in [-0.4, -0.2) is 18.6 Å². The Morgan fingerprint density at radius 3 is 2.19 bits per heavy atom. The van der Waals surface area contributed by atoms with Crippen LogP contribution in [-0.2, 0) is 10.0 Å². The summed E-state index contributed by atoms with van der Waals surface area (Å²) < 4.78 is 53.4. The zero-order chi connectivity index (χ0) is 18.7. The van der Waals surface area contributed by atoms with E-state index < -0.39 is 26.6 Å². The monoisotopic (exact) mass is 376 g/mol. The fourth-order valence-electron chi connectivity index (χ4n) is 2.14. The molecule has 0 bridgehead atoms. The maximum Gasteiger partial charge on any atom is 0.264 e. The minimum Gasteiger partial charge on any atom is -0.339 e. The summed E-state index contributed by atoms with van der Waals surface area (Å²) in [4.78, 5) is -0.629. The van der Waals surface area contributed by atoms with Crippen LogP contribution in [0.2, 0.25) is 0 Å². The van der Waals surface area contributed by atoms with Gasteiger partial charge in [0.1, 0.15) is 16.5 Å². The summed E-state index contributed by atoms with van der Waals surface area (Å²) in [7, 11) is -4.17. The van der Waals surface area contributed by atoms with Crippen LogP contribution < -0.4 is 10.0 Å². The summed E-state index contributed by atoms with van der Waals surface area (Å²) in [5.41, 5.74) is 1.68. The van der Waals surface area contributed by atoms with E-state index in [9.17, 15) is 17.2 Å². The second-order valence-corrected chi connectivity index (χ2v) is 7.09. The first-order valence-electron chi connectivity index (χ1n) is 7.49. The Hall–Kier alpha value is -3.07. The maximum atomic E-state index is 13.7. The molecule has 9 heteroatoms. The van der Waals surface area contributed by atoms with Crippen molar-refractivity contribution >= 4 is 27.2 Å². The third-order valence-corrected chi connectivity index (χ3v) is 4.81. The molecule has 0 saturated carbocycles. The lowest BCUT2D eigenvalue weighted by atomic mass is 10.3. The third kappa shape index (κ3) is 4.12. The fourth-order valence-corrected chi connectivity index (χ4v) is 3.26. The van der Waals surface area contributed by atoms with E-state index in [0.717, 1.165) is 17.8 Å². The molecule has 6 nitrogen and oxygen atoms in total. The SMILES string of the molecule is Cc1ccc(Nc2ccc(NS(=O)(=O)c3ccc(F)cc3F)cc2)nn1. The standard InChI is InChI=1S/C17H14F2N4O2S/c1-11-2-9-17(22-21-11)20-13-4-6-14(7-5-13)23-26(24,25)16-8-3-12(18)10-15(16)19/h2-10,23H,1H3,(H,20,22). The van der Waals surface area contributed by atoms with Gasteiger partial charge >= 0.3 is 0 Å². The predicted molar refractivity (Wildman–Crippen MR) is 93.7 cm³/mol. The van der Waals surface area contributed by atoms with E-state index >= 15 is 0 Å². The molecule has 26 heavy (non-hydrogen) atoms. The quantitative estimate of drug-likeness (QED) is 0.711. The van der Waals surface area contributed by atoms with Crippen molar-refractivity contribution in [3.8, 4) is 0 Å². The molecule has 1 heterocycles. The lowest BCUT2D eigenvalue weighted by Crippen LogP contribution is -2.14. The molecule has 134 valence electrons. The van der Waals surface area contributed by atoms with Gasteiger partial charge in [-0.1, -0.05) is 0 Å². The highest BCUT2D eigenvalue weighted by atomic mass is 32.2. The van der Waals surface area contributed by atoms with Crippen LogP contribution in [0.3, 0.4) is 0 Å². The second-order valence-electron chi connectivity index (χ2n) is 5.44. The second kappa shape index (κ2) is 7.04. The van der Waals surface area contributed by atoms with Crippen LogP contribution in [0, 0.1) is 18.6 Å². The van der Waals surface area contributed by atoms with E-state index in [1.807, 2.05) is 6.92 Å². The molecule has 2 aromatic carbocycles. The summed E-state index contributed by atoms with van der Waals surface area (Å²) in [5.74, 6) is -1.47. The average Bonchev–Trinajstić information content (AvgIpc) is 2.58. The van der Waals surface area contributed by atoms with E-state index in [-0.39, 0.29) is 5.69 Å². The normalized spacial score (nSPS) is 11.2. The number of anilines is 3. The first-order valence-corrected chi connectivity index (χ1v) is 8.97. The molecular weight excluding hydrogens is 362 g/mol. The molecule has 2 N–H and O–H groups in total. The van der Waals surface area contributed by atoms with Crippen LogP contribution in [0.1, 0.15) is 5.69 Å². The fraction of sp³-hybridized carbons (Fsp3) is 0.0588. The van der Waals surface area contributed by atoms with Gasteiger partial charge in [-0.15, -0.1) is 5.10 Å². The first kappa shape index (κ1) is 17.7. The van der Waals surface area contributed by atoms with Gasteiger partial charge in [0, 0.05) is 17.4 Å². The Kier molecular flexibility index (Phi) is 4.81. The minimum absolute atomic E-state index is 0.231. The Morgan fingerprint density at radius 2 is 1.58 bits per heavy atom.